The van der Waals surface area contributed by atoms with Crippen molar-refractivity contribution in [2.24, 2.45) is 0 Å². The second-order valence-electron chi connectivity index (χ2n) is 4.28. The largest absolute Gasteiger partial charge is 0.477 e. The van der Waals surface area contributed by atoms with Crippen molar-refractivity contribution in [3.05, 3.63) is 59.3 Å². The van der Waals surface area contributed by atoms with Gasteiger partial charge < -0.3 is 10.1 Å². The predicted molar refractivity (Wildman–Crippen MR) is 77.7 cm³/mol. The van der Waals surface area contributed by atoms with Crippen LogP contribution in [0.2, 0.25) is 0 Å². The number of aromatic nitrogens is 1. The monoisotopic (exact) mass is 281 g/mol. The minimum Gasteiger partial charge on any atom is -0.477 e. The smallest absolute Gasteiger partial charge is 0.257 e. The van der Waals surface area contributed by atoms with Crippen molar-refractivity contribution in [2.75, 3.05) is 6.61 Å². The van der Waals surface area contributed by atoms with Gasteiger partial charge in [0.05, 0.1) is 18.2 Å². The van der Waals surface area contributed by atoms with E-state index in [0.717, 1.165) is 5.56 Å². The van der Waals surface area contributed by atoms with Gasteiger partial charge in [-0.3, -0.25) is 4.79 Å². The minimum atomic E-state index is -0.256. The molecule has 0 bridgehead atoms. The van der Waals surface area contributed by atoms with E-state index in [1.165, 1.54) is 0 Å². The van der Waals surface area contributed by atoms with E-state index in [9.17, 15) is 4.79 Å². The van der Waals surface area contributed by atoms with E-state index in [1.54, 1.807) is 36.5 Å². The molecular weight excluding hydrogens is 266 g/mol. The van der Waals surface area contributed by atoms with Crippen LogP contribution < -0.4 is 10.1 Å². The average Bonchev–Trinajstić information content (AvgIpc) is 2.53. The Morgan fingerprint density at radius 3 is 3.00 bits per heavy atom. The summed E-state index contributed by atoms with van der Waals surface area (Å²) < 4.78 is 5.33. The van der Waals surface area contributed by atoms with Crippen LogP contribution in [0.4, 0.5) is 0 Å². The van der Waals surface area contributed by atoms with E-state index in [2.05, 4.69) is 16.4 Å². The number of nitrogens with one attached hydrogen (secondary N) is 1. The molecule has 2 aromatic rings. The van der Waals surface area contributed by atoms with Crippen molar-refractivity contribution >= 4 is 5.91 Å². The molecule has 0 aliphatic heterocycles. The van der Waals surface area contributed by atoms with Gasteiger partial charge in [-0.2, -0.15) is 5.26 Å². The third-order valence-corrected chi connectivity index (χ3v) is 2.81. The molecule has 5 heteroatoms. The van der Waals surface area contributed by atoms with Crippen LogP contribution in [0.3, 0.4) is 0 Å². The van der Waals surface area contributed by atoms with E-state index >= 15 is 0 Å². The summed E-state index contributed by atoms with van der Waals surface area (Å²) in [5.41, 5.74) is 1.83. The lowest BCUT2D eigenvalue weighted by atomic mass is 10.1. The molecule has 0 atom stereocenters. The Hall–Kier alpha value is -2.87. The van der Waals surface area contributed by atoms with E-state index in [-0.39, 0.29) is 5.91 Å². The van der Waals surface area contributed by atoms with Crippen LogP contribution in [-0.2, 0) is 6.54 Å². The second-order valence-corrected chi connectivity index (χ2v) is 4.28. The Kier molecular flexibility index (Phi) is 4.89. The fourth-order valence-electron chi connectivity index (χ4n) is 1.84. The highest BCUT2D eigenvalue weighted by Gasteiger charge is 2.12. The maximum absolute atomic E-state index is 12.2. The zero-order chi connectivity index (χ0) is 15.1. The molecule has 1 N–H and O–H groups in total. The number of hydrogen-bond acceptors (Lipinski definition) is 4. The van der Waals surface area contributed by atoms with Gasteiger partial charge in [-0.05, 0) is 36.8 Å². The number of benzene rings is 1. The summed E-state index contributed by atoms with van der Waals surface area (Å²) in [6.07, 6.45) is 1.58. The Bertz CT molecular complexity index is 677. The molecule has 1 aromatic carbocycles. The topological polar surface area (TPSA) is 75.0 Å². The van der Waals surface area contributed by atoms with Crippen LogP contribution in [0.5, 0.6) is 5.88 Å². The molecule has 1 aromatic heterocycles. The van der Waals surface area contributed by atoms with E-state index < -0.39 is 0 Å². The quantitative estimate of drug-likeness (QED) is 0.912. The lowest BCUT2D eigenvalue weighted by molar-refractivity contribution is 0.0946. The number of nitriles is 1. The van der Waals surface area contributed by atoms with Gasteiger partial charge >= 0.3 is 0 Å². The summed E-state index contributed by atoms with van der Waals surface area (Å²) in [5, 5.41) is 11.6. The van der Waals surface area contributed by atoms with E-state index in [4.69, 9.17) is 10.00 Å². The summed E-state index contributed by atoms with van der Waals surface area (Å²) >= 11 is 0. The Labute approximate surface area is 123 Å². The third-order valence-electron chi connectivity index (χ3n) is 2.81. The molecule has 0 aliphatic carbocycles. The summed E-state index contributed by atoms with van der Waals surface area (Å²) in [5.74, 6) is 0.0668. The van der Waals surface area contributed by atoms with Crippen LogP contribution in [-0.4, -0.2) is 17.5 Å². The normalized spacial score (nSPS) is 9.71. The van der Waals surface area contributed by atoms with Crippen LogP contribution in [0.25, 0.3) is 0 Å². The molecule has 1 heterocycles. The first-order valence-electron chi connectivity index (χ1n) is 6.59. The van der Waals surface area contributed by atoms with Gasteiger partial charge in [0.2, 0.25) is 5.88 Å². The number of ether oxygens (including phenoxy) is 1. The number of pyridine rings is 1. The zero-order valence-electron chi connectivity index (χ0n) is 11.7. The van der Waals surface area contributed by atoms with Gasteiger partial charge in [0.25, 0.3) is 5.91 Å². The molecule has 0 fully saturated rings. The van der Waals surface area contributed by atoms with Crippen molar-refractivity contribution in [3.63, 3.8) is 0 Å². The van der Waals surface area contributed by atoms with Crippen molar-refractivity contribution in [2.45, 2.75) is 13.5 Å². The summed E-state index contributed by atoms with van der Waals surface area (Å²) in [4.78, 5) is 16.2. The third kappa shape index (κ3) is 3.80. The lowest BCUT2D eigenvalue weighted by Gasteiger charge is -2.09. The van der Waals surface area contributed by atoms with Gasteiger partial charge in [0.1, 0.15) is 5.56 Å². The number of rotatable bonds is 5. The zero-order valence-corrected chi connectivity index (χ0v) is 11.7. The molecule has 106 valence electrons. The Morgan fingerprint density at radius 1 is 1.38 bits per heavy atom. The molecule has 1 amide bonds. The highest BCUT2D eigenvalue weighted by molar-refractivity contribution is 5.96. The van der Waals surface area contributed by atoms with Crippen LogP contribution in [0, 0.1) is 11.3 Å². The standard InChI is InChI=1S/C16H15N3O2/c1-2-21-16-14(7-4-8-18-16)15(20)19-11-13-6-3-5-12(9-13)10-17/h3-9H,2,11H2,1H3,(H,19,20). The van der Waals surface area contributed by atoms with Crippen molar-refractivity contribution in [1.82, 2.24) is 10.3 Å². The number of amides is 1. The SMILES string of the molecule is CCOc1ncccc1C(=O)NCc1cccc(C#N)c1. The molecule has 0 saturated carbocycles. The summed E-state index contributed by atoms with van der Waals surface area (Å²) in [7, 11) is 0. The molecule has 2 rings (SSSR count). The molecule has 5 nitrogen and oxygen atoms in total. The van der Waals surface area contributed by atoms with Crippen molar-refractivity contribution in [1.29, 1.82) is 5.26 Å². The molecule has 0 radical (unpaired) electrons. The number of carbonyl (C=O) groups excluding carboxylic acids is 1. The van der Waals surface area contributed by atoms with E-state index in [0.29, 0.717) is 30.2 Å². The fourth-order valence-corrected chi connectivity index (χ4v) is 1.84. The van der Waals surface area contributed by atoms with Gasteiger partial charge in [0, 0.05) is 12.7 Å². The predicted octanol–water partition coefficient (Wildman–Crippen LogP) is 2.28. The molecule has 21 heavy (non-hydrogen) atoms. The van der Waals surface area contributed by atoms with Crippen LogP contribution >= 0.6 is 0 Å². The molecule has 0 saturated heterocycles. The van der Waals surface area contributed by atoms with Gasteiger partial charge in [0.15, 0.2) is 0 Å². The molecule has 0 aliphatic rings. The molecule has 0 spiro atoms. The fraction of sp³-hybridized carbons (Fsp3) is 0.188. The van der Waals surface area contributed by atoms with Gasteiger partial charge in [-0.1, -0.05) is 12.1 Å². The highest BCUT2D eigenvalue weighted by Crippen LogP contribution is 2.14. The van der Waals surface area contributed by atoms with Gasteiger partial charge in [-0.15, -0.1) is 0 Å². The maximum Gasteiger partial charge on any atom is 0.257 e. The summed E-state index contributed by atoms with van der Waals surface area (Å²) in [6, 6.07) is 12.5. The highest BCUT2D eigenvalue weighted by atomic mass is 16.5. The minimum absolute atomic E-state index is 0.256. The number of hydrogen-bond donors (Lipinski definition) is 1. The van der Waals surface area contributed by atoms with Gasteiger partial charge in [-0.25, -0.2) is 4.98 Å². The first-order valence-corrected chi connectivity index (χ1v) is 6.59. The number of carbonyl (C=O) groups is 1. The molecule has 0 unspecified atom stereocenters. The first kappa shape index (κ1) is 14.5. The number of nitrogens with zero attached hydrogens (tertiary/aromatic N) is 2. The second kappa shape index (κ2) is 7.06. The first-order chi connectivity index (χ1) is 10.2. The van der Waals surface area contributed by atoms with Crippen molar-refractivity contribution < 1.29 is 9.53 Å². The Balaban J connectivity index is 2.06. The summed E-state index contributed by atoms with van der Waals surface area (Å²) in [6.45, 7) is 2.63. The van der Waals surface area contributed by atoms with Crippen LogP contribution in [0.15, 0.2) is 42.6 Å². The molecular formula is C16H15N3O2. The Morgan fingerprint density at radius 2 is 2.24 bits per heavy atom. The van der Waals surface area contributed by atoms with Crippen molar-refractivity contribution in [3.8, 4) is 11.9 Å². The average molecular weight is 281 g/mol. The lowest BCUT2D eigenvalue weighted by Crippen LogP contribution is -2.23. The van der Waals surface area contributed by atoms with Crippen LogP contribution in [0.1, 0.15) is 28.4 Å². The van der Waals surface area contributed by atoms with E-state index in [1.807, 2.05) is 13.0 Å². The maximum atomic E-state index is 12.2.